The molecule has 1 fully saturated rings. The molecule has 2 aromatic rings. The number of carbonyl (C=O) groups is 1. The second-order valence-electron chi connectivity index (χ2n) is 5.70. The summed E-state index contributed by atoms with van der Waals surface area (Å²) in [5.74, 6) is -0.229. The van der Waals surface area contributed by atoms with Crippen LogP contribution in [0.1, 0.15) is 32.1 Å². The van der Waals surface area contributed by atoms with Gasteiger partial charge >= 0.3 is 0 Å². The maximum Gasteiger partial charge on any atom is 0.234 e. The first-order valence-electron chi connectivity index (χ1n) is 7.97. The van der Waals surface area contributed by atoms with Gasteiger partial charge in [0.25, 0.3) is 0 Å². The Morgan fingerprint density at radius 1 is 1.21 bits per heavy atom. The number of hydrogen-bond donors (Lipinski definition) is 2. The summed E-state index contributed by atoms with van der Waals surface area (Å²) < 4.78 is 13.6. The molecule has 1 aromatic heterocycles. The van der Waals surface area contributed by atoms with E-state index >= 15 is 0 Å². The summed E-state index contributed by atoms with van der Waals surface area (Å²) in [6.07, 6.45) is 6.21. The van der Waals surface area contributed by atoms with Crippen LogP contribution in [-0.2, 0) is 4.79 Å². The number of halogens is 1. The number of benzene rings is 1. The molecule has 3 rings (SSSR count). The van der Waals surface area contributed by atoms with Crippen molar-refractivity contribution in [1.29, 1.82) is 0 Å². The molecule has 0 bridgehead atoms. The van der Waals surface area contributed by atoms with Gasteiger partial charge in [-0.2, -0.15) is 0 Å². The van der Waals surface area contributed by atoms with Crippen LogP contribution in [0.2, 0.25) is 0 Å². The topological polar surface area (TPSA) is 66.9 Å². The minimum absolute atomic E-state index is 0.149. The molecule has 0 radical (unpaired) electrons. The van der Waals surface area contributed by atoms with Crippen LogP contribution >= 0.6 is 23.1 Å². The standard InChI is InChI=1S/C16H19FN4OS2/c17-11-6-8-13(9-7-11)18-14(22)10-23-16-21-20-15(24-16)19-12-4-2-1-3-5-12/h6-9,12H,1-5,10H2,(H,18,22)(H,19,20). The molecule has 1 aromatic carbocycles. The second-order valence-corrected chi connectivity index (χ2v) is 7.90. The van der Waals surface area contributed by atoms with Crippen molar-refractivity contribution in [1.82, 2.24) is 10.2 Å². The molecule has 0 spiro atoms. The Kier molecular flexibility index (Phi) is 6.03. The molecule has 2 N–H and O–H groups in total. The van der Waals surface area contributed by atoms with Crippen molar-refractivity contribution in [3.8, 4) is 0 Å². The van der Waals surface area contributed by atoms with Crippen molar-refractivity contribution in [2.45, 2.75) is 42.5 Å². The normalized spacial score (nSPS) is 15.2. The monoisotopic (exact) mass is 366 g/mol. The van der Waals surface area contributed by atoms with E-state index in [1.54, 1.807) is 0 Å². The smallest absolute Gasteiger partial charge is 0.234 e. The summed E-state index contributed by atoms with van der Waals surface area (Å²) in [7, 11) is 0. The highest BCUT2D eigenvalue weighted by Gasteiger charge is 2.15. The number of aromatic nitrogens is 2. The lowest BCUT2D eigenvalue weighted by Crippen LogP contribution is -2.21. The molecule has 1 saturated carbocycles. The van der Waals surface area contributed by atoms with Gasteiger partial charge in [-0.15, -0.1) is 10.2 Å². The van der Waals surface area contributed by atoms with Gasteiger partial charge in [-0.25, -0.2) is 4.39 Å². The third kappa shape index (κ3) is 5.17. The molecule has 5 nitrogen and oxygen atoms in total. The van der Waals surface area contributed by atoms with E-state index in [1.807, 2.05) is 0 Å². The van der Waals surface area contributed by atoms with Gasteiger partial charge < -0.3 is 10.6 Å². The first-order valence-corrected chi connectivity index (χ1v) is 9.77. The van der Waals surface area contributed by atoms with Gasteiger partial charge in [-0.1, -0.05) is 42.4 Å². The molecular weight excluding hydrogens is 347 g/mol. The summed E-state index contributed by atoms with van der Waals surface area (Å²) in [6.45, 7) is 0. The average Bonchev–Trinajstić information content (AvgIpc) is 3.03. The lowest BCUT2D eigenvalue weighted by molar-refractivity contribution is -0.113. The second kappa shape index (κ2) is 8.43. The molecule has 1 aliphatic rings. The number of anilines is 2. The van der Waals surface area contributed by atoms with E-state index in [2.05, 4.69) is 20.8 Å². The Morgan fingerprint density at radius 2 is 1.96 bits per heavy atom. The number of hydrogen-bond acceptors (Lipinski definition) is 6. The molecule has 1 aliphatic carbocycles. The molecular formula is C16H19FN4OS2. The quantitative estimate of drug-likeness (QED) is 0.752. The van der Waals surface area contributed by atoms with Crippen molar-refractivity contribution >= 4 is 39.8 Å². The Bertz CT molecular complexity index is 671. The van der Waals surface area contributed by atoms with Gasteiger partial charge in [0.2, 0.25) is 11.0 Å². The van der Waals surface area contributed by atoms with Crippen LogP contribution < -0.4 is 10.6 Å². The average molecular weight is 366 g/mol. The molecule has 0 aliphatic heterocycles. The molecule has 0 unspecified atom stereocenters. The largest absolute Gasteiger partial charge is 0.357 e. The van der Waals surface area contributed by atoms with E-state index in [-0.39, 0.29) is 17.5 Å². The minimum Gasteiger partial charge on any atom is -0.357 e. The van der Waals surface area contributed by atoms with E-state index in [9.17, 15) is 9.18 Å². The van der Waals surface area contributed by atoms with Gasteiger partial charge in [0.15, 0.2) is 4.34 Å². The Balaban J connectivity index is 1.44. The minimum atomic E-state index is -0.325. The van der Waals surface area contributed by atoms with Gasteiger partial charge in [0, 0.05) is 11.7 Å². The first kappa shape index (κ1) is 17.2. The lowest BCUT2D eigenvalue weighted by Gasteiger charge is -2.21. The SMILES string of the molecule is O=C(CSc1nnc(NC2CCCCC2)s1)Nc1ccc(F)cc1. The fraction of sp³-hybridized carbons (Fsp3) is 0.438. The predicted molar refractivity (Wildman–Crippen MR) is 96.2 cm³/mol. The number of carbonyl (C=O) groups excluding carboxylic acids is 1. The molecule has 0 saturated heterocycles. The van der Waals surface area contributed by atoms with Gasteiger partial charge in [0.05, 0.1) is 5.75 Å². The molecule has 0 atom stereocenters. The zero-order valence-corrected chi connectivity index (χ0v) is 14.8. The van der Waals surface area contributed by atoms with Gasteiger partial charge in [-0.05, 0) is 37.1 Å². The Labute approximate surface area is 148 Å². The molecule has 128 valence electrons. The summed E-state index contributed by atoms with van der Waals surface area (Å²) in [5, 5.41) is 15.2. The van der Waals surface area contributed by atoms with Gasteiger partial charge in [0.1, 0.15) is 5.82 Å². The lowest BCUT2D eigenvalue weighted by atomic mass is 9.96. The fourth-order valence-corrected chi connectivity index (χ4v) is 4.23. The molecule has 1 amide bonds. The van der Waals surface area contributed by atoms with Crippen molar-refractivity contribution in [3.63, 3.8) is 0 Å². The van der Waals surface area contributed by atoms with E-state index in [0.717, 1.165) is 9.47 Å². The Hall–Kier alpha value is -1.67. The molecule has 8 heteroatoms. The van der Waals surface area contributed by atoms with Crippen molar-refractivity contribution < 1.29 is 9.18 Å². The maximum atomic E-state index is 12.8. The third-order valence-electron chi connectivity index (χ3n) is 3.79. The van der Waals surface area contributed by atoms with Crippen LogP contribution in [0.15, 0.2) is 28.6 Å². The predicted octanol–water partition coefficient (Wildman–Crippen LogP) is 4.15. The van der Waals surface area contributed by atoms with E-state index < -0.39 is 0 Å². The third-order valence-corrected chi connectivity index (χ3v) is 5.78. The van der Waals surface area contributed by atoms with Crippen LogP contribution in [-0.4, -0.2) is 27.9 Å². The number of thioether (sulfide) groups is 1. The first-order chi connectivity index (χ1) is 11.7. The van der Waals surface area contributed by atoms with E-state index in [4.69, 9.17) is 0 Å². The van der Waals surface area contributed by atoms with Crippen LogP contribution in [0, 0.1) is 5.82 Å². The van der Waals surface area contributed by atoms with Crippen LogP contribution in [0.3, 0.4) is 0 Å². The summed E-state index contributed by atoms with van der Waals surface area (Å²) in [6, 6.07) is 6.20. The highest BCUT2D eigenvalue weighted by molar-refractivity contribution is 8.01. The highest BCUT2D eigenvalue weighted by atomic mass is 32.2. The van der Waals surface area contributed by atoms with Crippen LogP contribution in [0.25, 0.3) is 0 Å². The number of nitrogens with zero attached hydrogens (tertiary/aromatic N) is 2. The number of amides is 1. The number of rotatable bonds is 6. The molecule has 1 heterocycles. The highest BCUT2D eigenvalue weighted by Crippen LogP contribution is 2.28. The summed E-state index contributed by atoms with van der Waals surface area (Å²) in [5.41, 5.74) is 0.582. The fourth-order valence-electron chi connectivity index (χ4n) is 2.61. The van der Waals surface area contributed by atoms with Crippen LogP contribution in [0.5, 0.6) is 0 Å². The maximum absolute atomic E-state index is 12.8. The van der Waals surface area contributed by atoms with Crippen LogP contribution in [0.4, 0.5) is 15.2 Å². The summed E-state index contributed by atoms with van der Waals surface area (Å²) >= 11 is 2.83. The number of nitrogens with one attached hydrogen (secondary N) is 2. The zero-order valence-electron chi connectivity index (χ0n) is 13.1. The van der Waals surface area contributed by atoms with E-state index in [0.29, 0.717) is 11.7 Å². The van der Waals surface area contributed by atoms with Crippen molar-refractivity contribution in [2.24, 2.45) is 0 Å². The summed E-state index contributed by atoms with van der Waals surface area (Å²) in [4.78, 5) is 11.9. The molecule has 24 heavy (non-hydrogen) atoms. The van der Waals surface area contributed by atoms with Crippen molar-refractivity contribution in [2.75, 3.05) is 16.4 Å². The van der Waals surface area contributed by atoms with Gasteiger partial charge in [-0.3, -0.25) is 4.79 Å². The zero-order chi connectivity index (χ0) is 16.8. The van der Waals surface area contributed by atoms with E-state index in [1.165, 1.54) is 79.5 Å². The Morgan fingerprint density at radius 3 is 2.71 bits per heavy atom. The van der Waals surface area contributed by atoms with Crippen molar-refractivity contribution in [3.05, 3.63) is 30.1 Å².